The van der Waals surface area contributed by atoms with Gasteiger partial charge in [0.05, 0.1) is 5.60 Å². The topological polar surface area (TPSA) is 32.3 Å². The molecule has 2 nitrogen and oxygen atoms in total. The standard InChI is InChI=1S/C18H28ClNO/c1-14(12-15-4-6-16(19)7-5-15)20-13-18(21)10-8-17(2,3)9-11-18/h4-7,14,20-21H,8-13H2,1-3H3. The van der Waals surface area contributed by atoms with Gasteiger partial charge in [0.15, 0.2) is 0 Å². The molecule has 1 aliphatic rings. The van der Waals surface area contributed by atoms with E-state index in [1.54, 1.807) is 0 Å². The maximum atomic E-state index is 10.7. The van der Waals surface area contributed by atoms with E-state index >= 15 is 0 Å². The Balaban J connectivity index is 1.78. The molecule has 2 rings (SSSR count). The van der Waals surface area contributed by atoms with Crippen LogP contribution < -0.4 is 5.32 Å². The molecule has 0 spiro atoms. The van der Waals surface area contributed by atoms with Crippen molar-refractivity contribution in [3.05, 3.63) is 34.9 Å². The van der Waals surface area contributed by atoms with E-state index in [1.807, 2.05) is 12.1 Å². The number of benzene rings is 1. The Morgan fingerprint density at radius 3 is 2.29 bits per heavy atom. The third-order valence-electron chi connectivity index (χ3n) is 4.77. The lowest BCUT2D eigenvalue weighted by Crippen LogP contribution is -2.47. The van der Waals surface area contributed by atoms with Crippen LogP contribution in [0.5, 0.6) is 0 Å². The number of hydrogen-bond acceptors (Lipinski definition) is 2. The van der Waals surface area contributed by atoms with Gasteiger partial charge in [-0.15, -0.1) is 0 Å². The zero-order valence-electron chi connectivity index (χ0n) is 13.5. The van der Waals surface area contributed by atoms with Gasteiger partial charge in [-0.25, -0.2) is 0 Å². The third kappa shape index (κ3) is 5.28. The zero-order chi connectivity index (χ0) is 15.5. The predicted molar refractivity (Wildman–Crippen MR) is 89.8 cm³/mol. The predicted octanol–water partition coefficient (Wildman–Crippen LogP) is 4.19. The van der Waals surface area contributed by atoms with Crippen LogP contribution in [0, 0.1) is 5.41 Å². The molecule has 0 aliphatic heterocycles. The first-order chi connectivity index (χ1) is 9.78. The Morgan fingerprint density at radius 1 is 1.14 bits per heavy atom. The van der Waals surface area contributed by atoms with Crippen molar-refractivity contribution < 1.29 is 5.11 Å². The lowest BCUT2D eigenvalue weighted by atomic mass is 9.71. The monoisotopic (exact) mass is 309 g/mol. The summed E-state index contributed by atoms with van der Waals surface area (Å²) in [5.41, 5.74) is 1.14. The summed E-state index contributed by atoms with van der Waals surface area (Å²) in [6, 6.07) is 8.35. The van der Waals surface area contributed by atoms with Crippen molar-refractivity contribution in [2.75, 3.05) is 6.54 Å². The Kier molecular flexibility index (Phi) is 5.34. The normalized spacial score (nSPS) is 22.0. The highest BCUT2D eigenvalue weighted by molar-refractivity contribution is 6.30. The van der Waals surface area contributed by atoms with Crippen molar-refractivity contribution in [2.24, 2.45) is 5.41 Å². The molecule has 0 saturated heterocycles. The van der Waals surface area contributed by atoms with Crippen LogP contribution in [0.3, 0.4) is 0 Å². The molecule has 21 heavy (non-hydrogen) atoms. The minimum Gasteiger partial charge on any atom is -0.389 e. The molecule has 0 heterocycles. The highest BCUT2D eigenvalue weighted by atomic mass is 35.5. The van der Waals surface area contributed by atoms with Crippen LogP contribution in [0.15, 0.2) is 24.3 Å². The van der Waals surface area contributed by atoms with Crippen LogP contribution >= 0.6 is 11.6 Å². The molecule has 1 saturated carbocycles. The van der Waals surface area contributed by atoms with Gasteiger partial charge in [0.25, 0.3) is 0 Å². The second-order valence-electron chi connectivity index (χ2n) is 7.50. The molecule has 2 N–H and O–H groups in total. The molecule has 0 aromatic heterocycles. The molecular weight excluding hydrogens is 282 g/mol. The smallest absolute Gasteiger partial charge is 0.0772 e. The highest BCUT2D eigenvalue weighted by Crippen LogP contribution is 2.39. The summed E-state index contributed by atoms with van der Waals surface area (Å²) in [5.74, 6) is 0. The first kappa shape index (κ1) is 16.8. The van der Waals surface area contributed by atoms with Crippen molar-refractivity contribution in [2.45, 2.75) is 64.5 Å². The molecule has 1 atom stereocenters. The fraction of sp³-hybridized carbons (Fsp3) is 0.667. The average molecular weight is 310 g/mol. The maximum absolute atomic E-state index is 10.7. The summed E-state index contributed by atoms with van der Waals surface area (Å²) in [7, 11) is 0. The minimum absolute atomic E-state index is 0.352. The Labute approximate surface area is 133 Å². The number of hydrogen-bond donors (Lipinski definition) is 2. The molecule has 1 unspecified atom stereocenters. The van der Waals surface area contributed by atoms with E-state index in [2.05, 4.69) is 38.2 Å². The van der Waals surface area contributed by atoms with E-state index < -0.39 is 5.60 Å². The molecule has 118 valence electrons. The molecule has 0 amide bonds. The van der Waals surface area contributed by atoms with Gasteiger partial charge in [0.2, 0.25) is 0 Å². The maximum Gasteiger partial charge on any atom is 0.0772 e. The van der Waals surface area contributed by atoms with Gasteiger partial charge in [-0.05, 0) is 62.1 Å². The molecule has 3 heteroatoms. The second kappa shape index (κ2) is 6.68. The van der Waals surface area contributed by atoms with E-state index in [0.29, 0.717) is 18.0 Å². The third-order valence-corrected chi connectivity index (χ3v) is 5.02. The Hall–Kier alpha value is -0.570. The average Bonchev–Trinajstić information content (AvgIpc) is 2.43. The van der Waals surface area contributed by atoms with E-state index in [1.165, 1.54) is 5.56 Å². The van der Waals surface area contributed by atoms with Gasteiger partial charge in [-0.1, -0.05) is 37.6 Å². The van der Waals surface area contributed by atoms with Gasteiger partial charge in [0.1, 0.15) is 0 Å². The summed E-state index contributed by atoms with van der Waals surface area (Å²) in [5, 5.41) is 15.0. The summed E-state index contributed by atoms with van der Waals surface area (Å²) in [4.78, 5) is 0. The summed E-state index contributed by atoms with van der Waals surface area (Å²) < 4.78 is 0. The zero-order valence-corrected chi connectivity index (χ0v) is 14.2. The quantitative estimate of drug-likeness (QED) is 0.854. The van der Waals surface area contributed by atoms with E-state index in [9.17, 15) is 5.11 Å². The fourth-order valence-electron chi connectivity index (χ4n) is 2.98. The van der Waals surface area contributed by atoms with Gasteiger partial charge in [-0.3, -0.25) is 0 Å². The number of aliphatic hydroxyl groups is 1. The van der Waals surface area contributed by atoms with Crippen molar-refractivity contribution in [3.63, 3.8) is 0 Å². The number of rotatable bonds is 5. The second-order valence-corrected chi connectivity index (χ2v) is 7.94. The molecule has 1 aliphatic carbocycles. The molecule has 1 aromatic carbocycles. The van der Waals surface area contributed by atoms with Crippen LogP contribution in [-0.2, 0) is 6.42 Å². The van der Waals surface area contributed by atoms with Gasteiger partial charge < -0.3 is 10.4 Å². The van der Waals surface area contributed by atoms with Crippen LogP contribution in [0.1, 0.15) is 52.0 Å². The first-order valence-corrected chi connectivity index (χ1v) is 8.36. The van der Waals surface area contributed by atoms with Gasteiger partial charge >= 0.3 is 0 Å². The SMILES string of the molecule is CC(Cc1ccc(Cl)cc1)NCC1(O)CCC(C)(C)CC1. The largest absolute Gasteiger partial charge is 0.389 e. The summed E-state index contributed by atoms with van der Waals surface area (Å²) in [6.45, 7) is 7.45. The molecule has 1 aromatic rings. The van der Waals surface area contributed by atoms with Crippen LogP contribution in [0.4, 0.5) is 0 Å². The number of nitrogens with one attached hydrogen (secondary N) is 1. The van der Waals surface area contributed by atoms with Crippen molar-refractivity contribution in [3.8, 4) is 0 Å². The molecule has 0 bridgehead atoms. The molecular formula is C18H28ClNO. The fourth-order valence-corrected chi connectivity index (χ4v) is 3.11. The Morgan fingerprint density at radius 2 is 1.71 bits per heavy atom. The van der Waals surface area contributed by atoms with Gasteiger partial charge in [0, 0.05) is 17.6 Å². The van der Waals surface area contributed by atoms with Crippen molar-refractivity contribution >= 4 is 11.6 Å². The van der Waals surface area contributed by atoms with Gasteiger partial charge in [-0.2, -0.15) is 0 Å². The minimum atomic E-state index is -0.524. The first-order valence-electron chi connectivity index (χ1n) is 7.98. The lowest BCUT2D eigenvalue weighted by Gasteiger charge is -2.40. The number of halogens is 1. The van der Waals surface area contributed by atoms with E-state index in [-0.39, 0.29) is 0 Å². The van der Waals surface area contributed by atoms with Crippen molar-refractivity contribution in [1.82, 2.24) is 5.32 Å². The molecule has 0 radical (unpaired) electrons. The highest BCUT2D eigenvalue weighted by Gasteiger charge is 2.36. The van der Waals surface area contributed by atoms with Crippen LogP contribution in [-0.4, -0.2) is 23.3 Å². The molecule has 1 fully saturated rings. The van der Waals surface area contributed by atoms with Crippen LogP contribution in [0.2, 0.25) is 5.02 Å². The van der Waals surface area contributed by atoms with E-state index in [0.717, 1.165) is 37.1 Å². The van der Waals surface area contributed by atoms with Crippen molar-refractivity contribution in [1.29, 1.82) is 0 Å². The summed E-state index contributed by atoms with van der Waals surface area (Å²) >= 11 is 5.90. The van der Waals surface area contributed by atoms with E-state index in [4.69, 9.17) is 11.6 Å². The summed E-state index contributed by atoms with van der Waals surface area (Å²) in [6.07, 6.45) is 4.98. The van der Waals surface area contributed by atoms with Crippen LogP contribution in [0.25, 0.3) is 0 Å². The lowest BCUT2D eigenvalue weighted by molar-refractivity contribution is -0.0257. The Bertz CT molecular complexity index is 445.